The molecule has 0 unspecified atom stereocenters. The van der Waals surface area contributed by atoms with E-state index in [1.54, 1.807) is 36.4 Å². The highest BCUT2D eigenvalue weighted by molar-refractivity contribution is 6.30. The molecule has 1 amide bonds. The molecule has 5 nitrogen and oxygen atoms in total. The number of esters is 1. The number of fused-ring (bicyclic) bond motifs is 2. The zero-order valence-corrected chi connectivity index (χ0v) is 16.3. The Hall–Kier alpha value is -3.31. The third-order valence-corrected chi connectivity index (χ3v) is 4.91. The van der Waals surface area contributed by atoms with Crippen LogP contribution in [0, 0.1) is 0 Å². The van der Waals surface area contributed by atoms with Crippen molar-refractivity contribution in [2.75, 3.05) is 5.32 Å². The number of para-hydroxylation sites is 2. The Morgan fingerprint density at radius 3 is 2.21 bits per heavy atom. The zero-order chi connectivity index (χ0) is 20.4. The fourth-order valence-corrected chi connectivity index (χ4v) is 3.46. The van der Waals surface area contributed by atoms with Crippen molar-refractivity contribution in [1.29, 1.82) is 0 Å². The van der Waals surface area contributed by atoms with Crippen molar-refractivity contribution in [3.05, 3.63) is 88.9 Å². The van der Waals surface area contributed by atoms with Crippen molar-refractivity contribution in [2.45, 2.75) is 18.9 Å². The van der Waals surface area contributed by atoms with E-state index >= 15 is 0 Å². The molecule has 1 heterocycles. The van der Waals surface area contributed by atoms with E-state index in [1.165, 1.54) is 6.92 Å². The SMILES string of the molecule is C[C@H](OC(=O)C1c2ccccc2Oc2ccccc21)C(=O)Nc1cccc(Cl)c1. The van der Waals surface area contributed by atoms with E-state index < -0.39 is 23.9 Å². The Morgan fingerprint density at radius 2 is 1.59 bits per heavy atom. The zero-order valence-electron chi connectivity index (χ0n) is 15.6. The van der Waals surface area contributed by atoms with E-state index in [4.69, 9.17) is 21.1 Å². The maximum absolute atomic E-state index is 13.1. The molecule has 0 bridgehead atoms. The number of amides is 1. The summed E-state index contributed by atoms with van der Waals surface area (Å²) in [7, 11) is 0. The molecule has 0 saturated carbocycles. The van der Waals surface area contributed by atoms with Gasteiger partial charge in [-0.1, -0.05) is 54.1 Å². The van der Waals surface area contributed by atoms with Gasteiger partial charge < -0.3 is 14.8 Å². The monoisotopic (exact) mass is 407 g/mol. The molecule has 146 valence electrons. The van der Waals surface area contributed by atoms with Crippen LogP contribution in [0.25, 0.3) is 0 Å². The lowest BCUT2D eigenvalue weighted by molar-refractivity contribution is -0.153. The quantitative estimate of drug-likeness (QED) is 0.607. The predicted molar refractivity (Wildman–Crippen MR) is 110 cm³/mol. The van der Waals surface area contributed by atoms with Crippen LogP contribution < -0.4 is 10.1 Å². The van der Waals surface area contributed by atoms with Crippen molar-refractivity contribution >= 4 is 29.2 Å². The van der Waals surface area contributed by atoms with Crippen molar-refractivity contribution < 1.29 is 19.1 Å². The summed E-state index contributed by atoms with van der Waals surface area (Å²) in [4.78, 5) is 25.5. The number of benzene rings is 3. The summed E-state index contributed by atoms with van der Waals surface area (Å²) in [5.74, 6) is -0.415. The normalized spacial score (nSPS) is 13.4. The lowest BCUT2D eigenvalue weighted by Crippen LogP contribution is -2.32. The molecule has 0 saturated heterocycles. The van der Waals surface area contributed by atoms with Gasteiger partial charge in [-0.25, -0.2) is 0 Å². The summed E-state index contributed by atoms with van der Waals surface area (Å²) in [5.41, 5.74) is 1.95. The number of hydrogen-bond donors (Lipinski definition) is 1. The van der Waals surface area contributed by atoms with Crippen LogP contribution in [0.4, 0.5) is 5.69 Å². The molecule has 0 aromatic heterocycles. The minimum atomic E-state index is -0.983. The van der Waals surface area contributed by atoms with Crippen molar-refractivity contribution in [2.24, 2.45) is 0 Å². The summed E-state index contributed by atoms with van der Waals surface area (Å²) >= 11 is 5.94. The van der Waals surface area contributed by atoms with Gasteiger partial charge in [0, 0.05) is 21.8 Å². The minimum Gasteiger partial charge on any atom is -0.457 e. The van der Waals surface area contributed by atoms with E-state index in [-0.39, 0.29) is 0 Å². The van der Waals surface area contributed by atoms with Gasteiger partial charge in [0.25, 0.3) is 5.91 Å². The first-order valence-electron chi connectivity index (χ1n) is 9.15. The van der Waals surface area contributed by atoms with Gasteiger partial charge in [-0.3, -0.25) is 9.59 Å². The topological polar surface area (TPSA) is 64.6 Å². The number of hydrogen-bond acceptors (Lipinski definition) is 4. The second-order valence-corrected chi connectivity index (χ2v) is 7.13. The van der Waals surface area contributed by atoms with E-state index in [1.807, 2.05) is 36.4 Å². The molecular formula is C23H18ClNO4. The summed E-state index contributed by atoms with van der Waals surface area (Å²) in [6.07, 6.45) is -0.983. The smallest absolute Gasteiger partial charge is 0.318 e. The minimum absolute atomic E-state index is 0.436. The van der Waals surface area contributed by atoms with E-state index in [9.17, 15) is 9.59 Å². The summed E-state index contributed by atoms with van der Waals surface area (Å²) in [5, 5.41) is 3.21. The third-order valence-electron chi connectivity index (χ3n) is 4.67. The Morgan fingerprint density at radius 1 is 0.966 bits per heavy atom. The second-order valence-electron chi connectivity index (χ2n) is 6.69. The molecule has 3 aromatic carbocycles. The molecule has 0 radical (unpaired) electrons. The molecule has 6 heteroatoms. The molecule has 1 N–H and O–H groups in total. The van der Waals surface area contributed by atoms with Crippen LogP contribution in [-0.4, -0.2) is 18.0 Å². The third kappa shape index (κ3) is 3.96. The molecule has 0 aliphatic carbocycles. The Labute approximate surface area is 173 Å². The highest BCUT2D eigenvalue weighted by Crippen LogP contribution is 2.44. The average Bonchev–Trinajstić information content (AvgIpc) is 2.71. The molecule has 0 fully saturated rings. The van der Waals surface area contributed by atoms with Crippen molar-refractivity contribution in [3.63, 3.8) is 0 Å². The first-order valence-corrected chi connectivity index (χ1v) is 9.53. The van der Waals surface area contributed by atoms with Gasteiger partial charge in [0.15, 0.2) is 6.10 Å². The number of halogens is 1. The standard InChI is InChI=1S/C23H18ClNO4/c1-14(22(26)25-16-8-6-7-15(24)13-16)28-23(27)21-17-9-2-4-11-19(17)29-20-12-5-3-10-18(20)21/h2-14,21H,1H3,(H,25,26)/t14-/m0/s1. The molecule has 29 heavy (non-hydrogen) atoms. The largest absolute Gasteiger partial charge is 0.457 e. The van der Waals surface area contributed by atoms with Crippen LogP contribution >= 0.6 is 11.6 Å². The van der Waals surface area contributed by atoms with Gasteiger partial charge in [0.1, 0.15) is 17.4 Å². The van der Waals surface area contributed by atoms with Crippen LogP contribution in [0.2, 0.25) is 5.02 Å². The van der Waals surface area contributed by atoms with E-state index in [0.29, 0.717) is 33.3 Å². The van der Waals surface area contributed by atoms with Gasteiger partial charge in [-0.2, -0.15) is 0 Å². The number of carbonyl (C=O) groups is 2. The fraction of sp³-hybridized carbons (Fsp3) is 0.130. The van der Waals surface area contributed by atoms with E-state index in [2.05, 4.69) is 5.32 Å². The number of carbonyl (C=O) groups excluding carboxylic acids is 2. The van der Waals surface area contributed by atoms with Gasteiger partial charge in [-0.15, -0.1) is 0 Å². The average molecular weight is 408 g/mol. The number of nitrogens with one attached hydrogen (secondary N) is 1. The summed E-state index contributed by atoms with van der Waals surface area (Å²) in [6.45, 7) is 1.54. The van der Waals surface area contributed by atoms with Gasteiger partial charge in [0.05, 0.1) is 0 Å². The number of ether oxygens (including phenoxy) is 2. The molecule has 3 aromatic rings. The fourth-order valence-electron chi connectivity index (χ4n) is 3.27. The summed E-state index contributed by atoms with van der Waals surface area (Å²) < 4.78 is 11.4. The van der Waals surface area contributed by atoms with Gasteiger partial charge >= 0.3 is 5.97 Å². The van der Waals surface area contributed by atoms with Gasteiger partial charge in [-0.05, 0) is 37.3 Å². The lowest BCUT2D eigenvalue weighted by atomic mass is 9.88. The molecular weight excluding hydrogens is 390 g/mol. The Kier molecular flexibility index (Phi) is 5.23. The number of anilines is 1. The highest BCUT2D eigenvalue weighted by atomic mass is 35.5. The molecule has 1 aliphatic heterocycles. The Bertz CT molecular complexity index is 1040. The molecule has 0 spiro atoms. The lowest BCUT2D eigenvalue weighted by Gasteiger charge is -2.27. The van der Waals surface area contributed by atoms with Crippen LogP contribution in [0.5, 0.6) is 11.5 Å². The molecule has 4 rings (SSSR count). The summed E-state index contributed by atoms with van der Waals surface area (Å²) in [6, 6.07) is 21.4. The highest BCUT2D eigenvalue weighted by Gasteiger charge is 2.35. The maximum atomic E-state index is 13.1. The first kappa shape index (κ1) is 19.0. The second kappa shape index (κ2) is 7.97. The Balaban J connectivity index is 1.54. The first-order chi connectivity index (χ1) is 14.0. The molecule has 1 atom stereocenters. The van der Waals surface area contributed by atoms with Crippen LogP contribution in [0.3, 0.4) is 0 Å². The van der Waals surface area contributed by atoms with Crippen LogP contribution in [0.15, 0.2) is 72.8 Å². The number of rotatable bonds is 4. The predicted octanol–water partition coefficient (Wildman–Crippen LogP) is 5.15. The van der Waals surface area contributed by atoms with Crippen molar-refractivity contribution in [3.8, 4) is 11.5 Å². The molecule has 1 aliphatic rings. The van der Waals surface area contributed by atoms with Crippen LogP contribution in [-0.2, 0) is 14.3 Å². The van der Waals surface area contributed by atoms with Crippen LogP contribution in [0.1, 0.15) is 24.0 Å². The van der Waals surface area contributed by atoms with E-state index in [0.717, 1.165) is 0 Å². The van der Waals surface area contributed by atoms with Gasteiger partial charge in [0.2, 0.25) is 0 Å². The van der Waals surface area contributed by atoms with Crippen molar-refractivity contribution in [1.82, 2.24) is 0 Å². The maximum Gasteiger partial charge on any atom is 0.318 e.